The van der Waals surface area contributed by atoms with Gasteiger partial charge in [-0.15, -0.1) is 0 Å². The second-order valence-electron chi connectivity index (χ2n) is 8.57. The summed E-state index contributed by atoms with van der Waals surface area (Å²) in [7, 11) is -2.16. The van der Waals surface area contributed by atoms with E-state index in [2.05, 4.69) is 12.2 Å². The van der Waals surface area contributed by atoms with Crippen LogP contribution < -0.4 is 19.7 Å². The van der Waals surface area contributed by atoms with E-state index in [-0.39, 0.29) is 36.2 Å². The van der Waals surface area contributed by atoms with Crippen molar-refractivity contribution >= 4 is 27.5 Å². The molecule has 0 radical (unpaired) electrons. The number of sulfonamides is 1. The number of nitrogens with one attached hydrogen (secondary N) is 1. The number of hydrogen-bond acceptors (Lipinski definition) is 6. The van der Waals surface area contributed by atoms with Crippen molar-refractivity contribution < 1.29 is 27.5 Å². The highest BCUT2D eigenvalue weighted by Crippen LogP contribution is 2.35. The number of nitrogens with zero attached hydrogens (tertiary/aromatic N) is 2. The number of anilines is 1. The van der Waals surface area contributed by atoms with Crippen LogP contribution in [-0.2, 0) is 26.2 Å². The van der Waals surface area contributed by atoms with Gasteiger partial charge in [-0.25, -0.2) is 8.42 Å². The van der Waals surface area contributed by atoms with Gasteiger partial charge in [0, 0.05) is 25.2 Å². The smallest absolute Gasteiger partial charge is 0.265 e. The molecule has 1 fully saturated rings. The molecule has 2 amide bonds. The Morgan fingerprint density at radius 3 is 2.65 bits per heavy atom. The highest BCUT2D eigenvalue weighted by atomic mass is 32.2. The average Bonchev–Trinajstić information content (AvgIpc) is 2.84. The SMILES string of the molecule is COc1ccccc1CNC(=O)CN1C(=O)COc2ccc(S(=O)(=O)N3CCC(C)CC3)cc21. The molecule has 9 nitrogen and oxygen atoms in total. The first-order chi connectivity index (χ1) is 16.3. The van der Waals surface area contributed by atoms with Gasteiger partial charge in [-0.2, -0.15) is 4.31 Å². The first kappa shape index (κ1) is 24.0. The average molecular weight is 488 g/mol. The molecule has 182 valence electrons. The Kier molecular flexibility index (Phi) is 7.08. The first-order valence-electron chi connectivity index (χ1n) is 11.3. The fourth-order valence-corrected chi connectivity index (χ4v) is 5.62. The molecule has 0 spiro atoms. The third-order valence-electron chi connectivity index (χ3n) is 6.22. The zero-order chi connectivity index (χ0) is 24.3. The number of carbonyl (C=O) groups excluding carboxylic acids is 2. The van der Waals surface area contributed by atoms with E-state index < -0.39 is 15.9 Å². The molecule has 0 saturated carbocycles. The van der Waals surface area contributed by atoms with Crippen molar-refractivity contribution in [3.8, 4) is 11.5 Å². The first-order valence-corrected chi connectivity index (χ1v) is 12.7. The summed E-state index contributed by atoms with van der Waals surface area (Å²) in [5.41, 5.74) is 1.08. The lowest BCUT2D eigenvalue weighted by Crippen LogP contribution is -2.45. The highest BCUT2D eigenvalue weighted by molar-refractivity contribution is 7.89. The van der Waals surface area contributed by atoms with Gasteiger partial charge in [0.1, 0.15) is 18.0 Å². The summed E-state index contributed by atoms with van der Waals surface area (Å²) in [5.74, 6) is 0.707. The summed E-state index contributed by atoms with van der Waals surface area (Å²) in [6.45, 7) is 2.80. The standard InChI is InChI=1S/C24H29N3O6S/c1-17-9-11-26(12-10-17)34(30,31)19-7-8-22-20(13-19)27(24(29)16-33-22)15-23(28)25-14-18-5-3-4-6-21(18)32-2/h3-8,13,17H,9-12,14-16H2,1-2H3,(H,25,28). The van der Waals surface area contributed by atoms with Crippen molar-refractivity contribution in [2.24, 2.45) is 5.92 Å². The van der Waals surface area contributed by atoms with E-state index in [1.54, 1.807) is 19.2 Å². The summed E-state index contributed by atoms with van der Waals surface area (Å²) >= 11 is 0. The molecule has 0 aromatic heterocycles. The zero-order valence-electron chi connectivity index (χ0n) is 19.3. The van der Waals surface area contributed by atoms with Gasteiger partial charge in [0.05, 0.1) is 17.7 Å². The number of ether oxygens (including phenoxy) is 2. The van der Waals surface area contributed by atoms with E-state index in [4.69, 9.17) is 9.47 Å². The molecule has 34 heavy (non-hydrogen) atoms. The quantitative estimate of drug-likeness (QED) is 0.642. The highest BCUT2D eigenvalue weighted by Gasteiger charge is 2.32. The number of carbonyl (C=O) groups is 2. The van der Waals surface area contributed by atoms with Gasteiger partial charge in [-0.3, -0.25) is 14.5 Å². The minimum absolute atomic E-state index is 0.0820. The normalized spacial score (nSPS) is 17.1. The van der Waals surface area contributed by atoms with Gasteiger partial charge in [0.15, 0.2) is 6.61 Å². The molecule has 4 rings (SSSR count). The summed E-state index contributed by atoms with van der Waals surface area (Å²) in [5, 5.41) is 2.79. The Hall–Kier alpha value is -3.11. The topological polar surface area (TPSA) is 105 Å². The van der Waals surface area contributed by atoms with Crippen molar-refractivity contribution in [3.05, 3.63) is 48.0 Å². The number of benzene rings is 2. The Balaban J connectivity index is 1.51. The van der Waals surface area contributed by atoms with E-state index >= 15 is 0 Å². The lowest BCUT2D eigenvalue weighted by molar-refractivity contribution is -0.125. The summed E-state index contributed by atoms with van der Waals surface area (Å²) < 4.78 is 38.7. The number of para-hydroxylation sites is 1. The van der Waals surface area contributed by atoms with Crippen LogP contribution in [0.15, 0.2) is 47.4 Å². The van der Waals surface area contributed by atoms with Crippen LogP contribution in [-0.4, -0.2) is 57.9 Å². The second kappa shape index (κ2) is 10.0. The molecule has 2 aliphatic heterocycles. The molecule has 0 atom stereocenters. The van der Waals surface area contributed by atoms with Crippen molar-refractivity contribution in [2.75, 3.05) is 38.3 Å². The van der Waals surface area contributed by atoms with Crippen LogP contribution in [0.1, 0.15) is 25.3 Å². The van der Waals surface area contributed by atoms with Crippen LogP contribution in [0.4, 0.5) is 5.69 Å². The minimum Gasteiger partial charge on any atom is -0.496 e. The van der Waals surface area contributed by atoms with Crippen LogP contribution in [0.3, 0.4) is 0 Å². The monoisotopic (exact) mass is 487 g/mol. The molecular formula is C24H29N3O6S. The van der Waals surface area contributed by atoms with E-state index in [1.807, 2.05) is 18.2 Å². The van der Waals surface area contributed by atoms with E-state index in [1.165, 1.54) is 21.3 Å². The Labute approximate surface area is 199 Å². The van der Waals surface area contributed by atoms with Gasteiger partial charge in [0.25, 0.3) is 5.91 Å². The molecule has 1 saturated heterocycles. The third kappa shape index (κ3) is 5.02. The number of piperidine rings is 1. The Morgan fingerprint density at radius 1 is 1.18 bits per heavy atom. The van der Waals surface area contributed by atoms with Crippen LogP contribution in [0, 0.1) is 5.92 Å². The van der Waals surface area contributed by atoms with Gasteiger partial charge in [0.2, 0.25) is 15.9 Å². The third-order valence-corrected chi connectivity index (χ3v) is 8.12. The molecule has 0 bridgehead atoms. The number of rotatable bonds is 7. The Bertz CT molecular complexity index is 1170. The summed E-state index contributed by atoms with van der Waals surface area (Å²) in [4.78, 5) is 26.6. The molecule has 2 aliphatic rings. The second-order valence-corrected chi connectivity index (χ2v) is 10.5. The lowest BCUT2D eigenvalue weighted by Gasteiger charge is -2.31. The lowest BCUT2D eigenvalue weighted by atomic mass is 10.0. The number of hydrogen-bond donors (Lipinski definition) is 1. The number of fused-ring (bicyclic) bond motifs is 1. The number of amides is 2. The van der Waals surface area contributed by atoms with E-state index in [9.17, 15) is 18.0 Å². The van der Waals surface area contributed by atoms with Crippen molar-refractivity contribution in [3.63, 3.8) is 0 Å². The largest absolute Gasteiger partial charge is 0.496 e. The van der Waals surface area contributed by atoms with Crippen LogP contribution >= 0.6 is 0 Å². The predicted octanol–water partition coefficient (Wildman–Crippen LogP) is 2.16. The van der Waals surface area contributed by atoms with Gasteiger partial charge >= 0.3 is 0 Å². The number of methoxy groups -OCH3 is 1. The maximum absolute atomic E-state index is 13.2. The van der Waals surface area contributed by atoms with Crippen LogP contribution in [0.25, 0.3) is 0 Å². The molecule has 1 N–H and O–H groups in total. The zero-order valence-corrected chi connectivity index (χ0v) is 20.1. The molecule has 0 unspecified atom stereocenters. The molecule has 0 aliphatic carbocycles. The molecule has 2 heterocycles. The summed E-state index contributed by atoms with van der Waals surface area (Å²) in [6.07, 6.45) is 1.62. The van der Waals surface area contributed by atoms with Crippen molar-refractivity contribution in [2.45, 2.75) is 31.2 Å². The van der Waals surface area contributed by atoms with Gasteiger partial charge in [-0.1, -0.05) is 25.1 Å². The fourth-order valence-electron chi connectivity index (χ4n) is 4.13. The van der Waals surface area contributed by atoms with Gasteiger partial charge < -0.3 is 14.8 Å². The van der Waals surface area contributed by atoms with Crippen molar-refractivity contribution in [1.82, 2.24) is 9.62 Å². The maximum atomic E-state index is 13.2. The van der Waals surface area contributed by atoms with E-state index in [0.717, 1.165) is 18.4 Å². The predicted molar refractivity (Wildman–Crippen MR) is 126 cm³/mol. The minimum atomic E-state index is -3.72. The fraction of sp³-hybridized carbons (Fsp3) is 0.417. The Morgan fingerprint density at radius 2 is 1.91 bits per heavy atom. The molecule has 10 heteroatoms. The van der Waals surface area contributed by atoms with E-state index in [0.29, 0.717) is 30.5 Å². The molecular weight excluding hydrogens is 458 g/mol. The maximum Gasteiger partial charge on any atom is 0.265 e. The van der Waals surface area contributed by atoms with Crippen LogP contribution in [0.2, 0.25) is 0 Å². The van der Waals surface area contributed by atoms with Crippen LogP contribution in [0.5, 0.6) is 11.5 Å². The molecule has 2 aromatic carbocycles. The van der Waals surface area contributed by atoms with Crippen molar-refractivity contribution in [1.29, 1.82) is 0 Å². The molecule has 2 aromatic rings. The summed E-state index contributed by atoms with van der Waals surface area (Å²) in [6, 6.07) is 11.8. The van der Waals surface area contributed by atoms with Gasteiger partial charge in [-0.05, 0) is 43.0 Å².